The number of rotatable bonds is 10. The van der Waals surface area contributed by atoms with Crippen molar-refractivity contribution < 1.29 is 19.0 Å². The highest BCUT2D eigenvalue weighted by Crippen LogP contribution is 2.17. The average molecular weight is 296 g/mol. The molecule has 1 rings (SSSR count). The van der Waals surface area contributed by atoms with Crippen molar-refractivity contribution in [2.24, 2.45) is 5.73 Å². The minimum Gasteiger partial charge on any atom is -0.491 e. The third-order valence-corrected chi connectivity index (χ3v) is 2.86. The van der Waals surface area contributed by atoms with Gasteiger partial charge in [0.1, 0.15) is 12.4 Å². The van der Waals surface area contributed by atoms with Crippen LogP contribution in [0.5, 0.6) is 5.75 Å². The number of hydrogen-bond acceptors (Lipinski definition) is 5. The summed E-state index contributed by atoms with van der Waals surface area (Å²) in [6, 6.07) is 6.65. The van der Waals surface area contributed by atoms with E-state index in [-0.39, 0.29) is 5.91 Å². The van der Waals surface area contributed by atoms with E-state index >= 15 is 0 Å². The van der Waals surface area contributed by atoms with Gasteiger partial charge in [0.05, 0.1) is 12.6 Å². The van der Waals surface area contributed by atoms with Gasteiger partial charge in [-0.1, -0.05) is 6.07 Å². The van der Waals surface area contributed by atoms with E-state index in [4.69, 9.17) is 19.9 Å². The second kappa shape index (κ2) is 10.1. The van der Waals surface area contributed by atoms with Gasteiger partial charge < -0.3 is 25.3 Å². The molecule has 1 aromatic rings. The third-order valence-electron chi connectivity index (χ3n) is 2.86. The Hall–Kier alpha value is -1.63. The van der Waals surface area contributed by atoms with Gasteiger partial charge in [-0.2, -0.15) is 0 Å². The lowest BCUT2D eigenvalue weighted by Crippen LogP contribution is -2.35. The van der Waals surface area contributed by atoms with Crippen LogP contribution >= 0.6 is 0 Å². The van der Waals surface area contributed by atoms with Crippen LogP contribution in [0.3, 0.4) is 0 Å². The van der Waals surface area contributed by atoms with Gasteiger partial charge in [-0.25, -0.2) is 0 Å². The molecule has 0 saturated heterocycles. The number of ether oxygens (including phenoxy) is 3. The van der Waals surface area contributed by atoms with E-state index in [0.29, 0.717) is 37.7 Å². The standard InChI is InChI=1S/C15H24N2O4/c1-19-8-4-7-14(16)15(18)17-12-5-3-6-13(11-12)21-10-9-20-2/h3,5-6,11,14H,4,7-10,16H2,1-2H3,(H,17,18). The quantitative estimate of drug-likeness (QED) is 0.638. The van der Waals surface area contributed by atoms with E-state index in [9.17, 15) is 4.79 Å². The fraction of sp³-hybridized carbons (Fsp3) is 0.533. The molecule has 0 aliphatic heterocycles. The Bertz CT molecular complexity index is 426. The van der Waals surface area contributed by atoms with Gasteiger partial charge in [0.2, 0.25) is 5.91 Å². The second-order valence-electron chi connectivity index (χ2n) is 4.60. The van der Waals surface area contributed by atoms with Crippen molar-refractivity contribution in [3.63, 3.8) is 0 Å². The fourth-order valence-electron chi connectivity index (χ4n) is 1.72. The van der Waals surface area contributed by atoms with E-state index in [0.717, 1.165) is 6.42 Å². The summed E-state index contributed by atoms with van der Waals surface area (Å²) in [6.07, 6.45) is 1.34. The Labute approximate surface area is 125 Å². The highest BCUT2D eigenvalue weighted by Gasteiger charge is 2.13. The highest BCUT2D eigenvalue weighted by molar-refractivity contribution is 5.94. The largest absolute Gasteiger partial charge is 0.491 e. The van der Waals surface area contributed by atoms with Crippen LogP contribution in [0.1, 0.15) is 12.8 Å². The summed E-state index contributed by atoms with van der Waals surface area (Å²) in [5.41, 5.74) is 6.49. The molecular weight excluding hydrogens is 272 g/mol. The van der Waals surface area contributed by atoms with Gasteiger partial charge in [-0.3, -0.25) is 4.79 Å². The summed E-state index contributed by atoms with van der Waals surface area (Å²) >= 11 is 0. The Morgan fingerprint density at radius 3 is 2.71 bits per heavy atom. The Balaban J connectivity index is 2.45. The van der Waals surface area contributed by atoms with Crippen LogP contribution in [-0.2, 0) is 14.3 Å². The van der Waals surface area contributed by atoms with Crippen LogP contribution in [0.15, 0.2) is 24.3 Å². The lowest BCUT2D eigenvalue weighted by molar-refractivity contribution is -0.117. The molecule has 1 atom stereocenters. The van der Waals surface area contributed by atoms with E-state index in [1.54, 1.807) is 26.4 Å². The van der Waals surface area contributed by atoms with Gasteiger partial charge in [0.25, 0.3) is 0 Å². The zero-order chi connectivity index (χ0) is 15.5. The van der Waals surface area contributed by atoms with Gasteiger partial charge in [0.15, 0.2) is 0 Å². The first kappa shape index (κ1) is 17.4. The smallest absolute Gasteiger partial charge is 0.241 e. The molecule has 118 valence electrons. The molecule has 0 aliphatic rings. The molecule has 0 fully saturated rings. The maximum absolute atomic E-state index is 11.9. The molecule has 3 N–H and O–H groups in total. The lowest BCUT2D eigenvalue weighted by Gasteiger charge is -2.13. The predicted molar refractivity (Wildman–Crippen MR) is 81.5 cm³/mol. The third kappa shape index (κ3) is 7.08. The second-order valence-corrected chi connectivity index (χ2v) is 4.60. The van der Waals surface area contributed by atoms with Gasteiger partial charge in [-0.15, -0.1) is 0 Å². The summed E-state index contributed by atoms with van der Waals surface area (Å²) in [7, 11) is 3.24. The van der Waals surface area contributed by atoms with E-state index in [1.807, 2.05) is 12.1 Å². The number of hydrogen-bond donors (Lipinski definition) is 2. The molecule has 0 saturated carbocycles. The van der Waals surface area contributed by atoms with Gasteiger partial charge in [-0.05, 0) is 25.0 Å². The Morgan fingerprint density at radius 2 is 2.00 bits per heavy atom. The van der Waals surface area contributed by atoms with Crippen molar-refractivity contribution in [1.82, 2.24) is 0 Å². The van der Waals surface area contributed by atoms with E-state index in [1.165, 1.54) is 0 Å². The first-order valence-electron chi connectivity index (χ1n) is 6.94. The topological polar surface area (TPSA) is 82.8 Å². The molecule has 6 heteroatoms. The van der Waals surface area contributed by atoms with Crippen LogP contribution in [0.4, 0.5) is 5.69 Å². The molecule has 1 amide bonds. The molecule has 0 spiro atoms. The normalized spacial score (nSPS) is 12.0. The van der Waals surface area contributed by atoms with Crippen LogP contribution in [0, 0.1) is 0 Å². The van der Waals surface area contributed by atoms with Gasteiger partial charge >= 0.3 is 0 Å². The van der Waals surface area contributed by atoms with E-state index < -0.39 is 6.04 Å². The molecule has 21 heavy (non-hydrogen) atoms. The number of carbonyl (C=O) groups is 1. The van der Waals surface area contributed by atoms with Crippen molar-refractivity contribution >= 4 is 11.6 Å². The van der Waals surface area contributed by atoms with Gasteiger partial charge in [0, 0.05) is 32.6 Å². The van der Waals surface area contributed by atoms with Crippen molar-refractivity contribution in [3.8, 4) is 5.75 Å². The number of nitrogens with one attached hydrogen (secondary N) is 1. The minimum absolute atomic E-state index is 0.208. The molecule has 0 heterocycles. The summed E-state index contributed by atoms with van der Waals surface area (Å²) in [6.45, 7) is 1.58. The number of carbonyl (C=O) groups excluding carboxylic acids is 1. The Kier molecular flexibility index (Phi) is 8.42. The zero-order valence-electron chi connectivity index (χ0n) is 12.6. The molecular formula is C15H24N2O4. The van der Waals surface area contributed by atoms with Crippen molar-refractivity contribution in [1.29, 1.82) is 0 Å². The summed E-state index contributed by atoms with van der Waals surface area (Å²) < 4.78 is 15.3. The monoisotopic (exact) mass is 296 g/mol. The highest BCUT2D eigenvalue weighted by atomic mass is 16.5. The van der Waals surface area contributed by atoms with Crippen LogP contribution in [0.2, 0.25) is 0 Å². The average Bonchev–Trinajstić information content (AvgIpc) is 2.48. The first-order valence-corrected chi connectivity index (χ1v) is 6.94. The first-order chi connectivity index (χ1) is 10.2. The lowest BCUT2D eigenvalue weighted by atomic mass is 10.1. The van der Waals surface area contributed by atoms with Crippen molar-refractivity contribution in [3.05, 3.63) is 24.3 Å². The fourth-order valence-corrected chi connectivity index (χ4v) is 1.72. The maximum Gasteiger partial charge on any atom is 0.241 e. The predicted octanol–water partition coefficient (Wildman–Crippen LogP) is 1.40. The Morgan fingerprint density at radius 1 is 1.24 bits per heavy atom. The van der Waals surface area contributed by atoms with Crippen LogP contribution in [0.25, 0.3) is 0 Å². The molecule has 1 unspecified atom stereocenters. The SMILES string of the molecule is COCCCC(N)C(=O)Nc1cccc(OCCOC)c1. The van der Waals surface area contributed by atoms with Crippen molar-refractivity contribution in [2.75, 3.05) is 39.4 Å². The molecule has 0 aromatic heterocycles. The minimum atomic E-state index is -0.543. The summed E-state index contributed by atoms with van der Waals surface area (Å²) in [5, 5.41) is 2.78. The van der Waals surface area contributed by atoms with Crippen LogP contribution < -0.4 is 15.8 Å². The van der Waals surface area contributed by atoms with E-state index in [2.05, 4.69) is 5.32 Å². The molecule has 0 radical (unpaired) electrons. The molecule has 0 bridgehead atoms. The molecule has 0 aliphatic carbocycles. The number of benzene rings is 1. The number of methoxy groups -OCH3 is 2. The zero-order valence-corrected chi connectivity index (χ0v) is 12.6. The summed E-state index contributed by atoms with van der Waals surface area (Å²) in [4.78, 5) is 11.9. The summed E-state index contributed by atoms with van der Waals surface area (Å²) in [5.74, 6) is 0.470. The van der Waals surface area contributed by atoms with Crippen LogP contribution in [-0.4, -0.2) is 46.0 Å². The molecule has 6 nitrogen and oxygen atoms in total. The number of amides is 1. The van der Waals surface area contributed by atoms with Crippen molar-refractivity contribution in [2.45, 2.75) is 18.9 Å². The number of anilines is 1. The molecule has 1 aromatic carbocycles. The maximum atomic E-state index is 11.9. The number of nitrogens with two attached hydrogens (primary N) is 1.